The number of aliphatic hydroxyl groups is 1. The molecule has 1 aliphatic carbocycles. The molecular formula is C36H51Br4N3O6. The van der Waals surface area contributed by atoms with Crippen molar-refractivity contribution in [1.29, 1.82) is 0 Å². The Hall–Kier alpha value is -1.41. The molecule has 2 amide bonds. The molecule has 1 aliphatic heterocycles. The molecule has 0 bridgehead atoms. The van der Waals surface area contributed by atoms with Crippen LogP contribution in [0.4, 0.5) is 0 Å². The Balaban J connectivity index is 1.26. The Morgan fingerprint density at radius 2 is 1.59 bits per heavy atom. The van der Waals surface area contributed by atoms with Gasteiger partial charge in [0.1, 0.15) is 23.3 Å². The molecule has 1 heterocycles. The van der Waals surface area contributed by atoms with Crippen molar-refractivity contribution in [2.45, 2.75) is 115 Å². The summed E-state index contributed by atoms with van der Waals surface area (Å²) < 4.78 is 13.9. The SMILES string of the molecule is COC1=C(Br)C(O)C2(C=C1Br)CC(C(=O)NCCCOc1c(Br)cc(CCNC(=O)CCCCCCCCCCCC(C)C)cc1Br)=NO2. The fraction of sp³-hybridized carbons (Fsp3) is 0.639. The number of oxime groups is 1. The quantitative estimate of drug-likeness (QED) is 0.1000. The minimum absolute atomic E-state index is 0.104. The number of unbranched alkanes of at least 4 members (excludes halogenated alkanes) is 8. The number of hydrogen-bond acceptors (Lipinski definition) is 7. The van der Waals surface area contributed by atoms with Crippen LogP contribution in [0, 0.1) is 5.92 Å². The number of nitrogens with one attached hydrogen (secondary N) is 2. The molecule has 1 spiro atoms. The number of allylic oxidation sites excluding steroid dienone is 1. The maximum absolute atomic E-state index is 12.8. The largest absolute Gasteiger partial charge is 0.495 e. The van der Waals surface area contributed by atoms with Crippen LogP contribution in [0.1, 0.15) is 103 Å². The van der Waals surface area contributed by atoms with E-state index in [4.69, 9.17) is 14.3 Å². The number of carbonyl (C=O) groups is 2. The highest BCUT2D eigenvalue weighted by molar-refractivity contribution is 9.12. The monoisotopic (exact) mass is 937 g/mol. The van der Waals surface area contributed by atoms with Gasteiger partial charge in [0.25, 0.3) is 5.91 Å². The van der Waals surface area contributed by atoms with Crippen molar-refractivity contribution in [2.75, 3.05) is 26.8 Å². The molecular weight excluding hydrogens is 890 g/mol. The second-order valence-corrected chi connectivity index (χ2v) is 16.5. The summed E-state index contributed by atoms with van der Waals surface area (Å²) in [6, 6.07) is 4.00. The Labute approximate surface area is 325 Å². The third-order valence-electron chi connectivity index (χ3n) is 8.58. The first-order valence-corrected chi connectivity index (χ1v) is 20.6. The number of hydrogen-bond donors (Lipinski definition) is 3. The first-order valence-electron chi connectivity index (χ1n) is 17.4. The summed E-state index contributed by atoms with van der Waals surface area (Å²) in [6.45, 7) is 5.92. The number of carbonyl (C=O) groups excluding carboxylic acids is 2. The lowest BCUT2D eigenvalue weighted by atomic mass is 9.87. The maximum Gasteiger partial charge on any atom is 0.269 e. The Bertz CT molecular complexity index is 1330. The molecule has 0 saturated heterocycles. The van der Waals surface area contributed by atoms with Gasteiger partial charge >= 0.3 is 0 Å². The van der Waals surface area contributed by atoms with E-state index in [0.29, 0.717) is 59.4 Å². The number of benzene rings is 1. The van der Waals surface area contributed by atoms with Crippen molar-refractivity contribution in [3.8, 4) is 5.75 Å². The van der Waals surface area contributed by atoms with Gasteiger partial charge in [-0.25, -0.2) is 0 Å². The van der Waals surface area contributed by atoms with Crippen molar-refractivity contribution in [1.82, 2.24) is 10.6 Å². The second-order valence-electron chi connectivity index (χ2n) is 13.1. The van der Waals surface area contributed by atoms with Gasteiger partial charge in [-0.05, 0) is 113 Å². The summed E-state index contributed by atoms with van der Waals surface area (Å²) in [4.78, 5) is 30.6. The van der Waals surface area contributed by atoms with E-state index in [-0.39, 0.29) is 23.9 Å². The Morgan fingerprint density at radius 3 is 2.22 bits per heavy atom. The van der Waals surface area contributed by atoms with Gasteiger partial charge in [-0.2, -0.15) is 0 Å². The molecule has 3 rings (SSSR count). The van der Waals surface area contributed by atoms with E-state index in [1.165, 1.54) is 58.5 Å². The standard InChI is InChI=1S/C36H51Br4N3O6/c1-24(2)14-11-9-7-5-4-6-8-10-12-15-30(44)41-18-16-25-20-26(37)32(27(38)21-25)48-19-13-17-42-35(46)29-23-36(49-43-29)22-28(39)33(47-3)31(40)34(36)45/h20-22,24,34,45H,4-19,23H2,1-3H3,(H,41,44)(H,42,46). The fourth-order valence-corrected chi connectivity index (χ4v) is 9.08. The average Bonchev–Trinajstić information content (AvgIpc) is 3.48. The number of nitrogens with zero attached hydrogens (tertiary/aromatic N) is 1. The molecule has 0 radical (unpaired) electrons. The molecule has 3 N–H and O–H groups in total. The van der Waals surface area contributed by atoms with Crippen LogP contribution in [0.5, 0.6) is 5.75 Å². The van der Waals surface area contributed by atoms with Gasteiger partial charge in [0.05, 0.1) is 31.6 Å². The molecule has 13 heteroatoms. The van der Waals surface area contributed by atoms with Crippen LogP contribution >= 0.6 is 63.7 Å². The number of rotatable bonds is 22. The van der Waals surface area contributed by atoms with Crippen molar-refractivity contribution in [3.63, 3.8) is 0 Å². The lowest BCUT2D eigenvalue weighted by Gasteiger charge is -2.33. The van der Waals surface area contributed by atoms with Crippen molar-refractivity contribution in [2.24, 2.45) is 11.1 Å². The smallest absolute Gasteiger partial charge is 0.269 e. The van der Waals surface area contributed by atoms with E-state index in [1.807, 2.05) is 12.1 Å². The molecule has 274 valence electrons. The zero-order chi connectivity index (χ0) is 35.8. The van der Waals surface area contributed by atoms with Crippen molar-refractivity contribution >= 4 is 81.2 Å². The highest BCUT2D eigenvalue weighted by Crippen LogP contribution is 2.44. The van der Waals surface area contributed by atoms with Crippen molar-refractivity contribution < 1.29 is 29.0 Å². The van der Waals surface area contributed by atoms with Gasteiger partial charge in [0, 0.05) is 25.9 Å². The zero-order valence-corrected chi connectivity index (χ0v) is 35.2. The number of methoxy groups -OCH3 is 1. The summed E-state index contributed by atoms with van der Waals surface area (Å²) in [5.74, 6) is 1.71. The van der Waals surface area contributed by atoms with Crippen LogP contribution in [0.3, 0.4) is 0 Å². The van der Waals surface area contributed by atoms with Crippen LogP contribution < -0.4 is 15.4 Å². The van der Waals surface area contributed by atoms with E-state index in [1.54, 1.807) is 6.08 Å². The lowest BCUT2D eigenvalue weighted by molar-refractivity contribution is -0.121. The summed E-state index contributed by atoms with van der Waals surface area (Å²) in [7, 11) is 1.50. The summed E-state index contributed by atoms with van der Waals surface area (Å²) >= 11 is 14.0. The van der Waals surface area contributed by atoms with E-state index in [0.717, 1.165) is 33.3 Å². The third kappa shape index (κ3) is 13.6. The molecule has 9 nitrogen and oxygen atoms in total. The van der Waals surface area contributed by atoms with Gasteiger partial charge in [0.2, 0.25) is 5.91 Å². The van der Waals surface area contributed by atoms with Gasteiger partial charge in [-0.1, -0.05) is 76.8 Å². The Morgan fingerprint density at radius 1 is 0.959 bits per heavy atom. The van der Waals surface area contributed by atoms with Gasteiger partial charge in [-0.15, -0.1) is 0 Å². The molecule has 0 aromatic heterocycles. The molecule has 0 saturated carbocycles. The molecule has 2 aliphatic rings. The molecule has 0 fully saturated rings. The highest BCUT2D eigenvalue weighted by atomic mass is 79.9. The van der Waals surface area contributed by atoms with Crippen LogP contribution in [0.15, 0.2) is 47.0 Å². The summed E-state index contributed by atoms with van der Waals surface area (Å²) in [6.07, 6.45) is 15.2. The van der Waals surface area contributed by atoms with E-state index in [2.05, 4.69) is 93.4 Å². The van der Waals surface area contributed by atoms with Crippen molar-refractivity contribution in [3.05, 3.63) is 47.4 Å². The van der Waals surface area contributed by atoms with Crippen LogP contribution in [-0.4, -0.2) is 61.1 Å². The van der Waals surface area contributed by atoms with Crippen LogP contribution in [0.2, 0.25) is 0 Å². The number of ether oxygens (including phenoxy) is 2. The minimum Gasteiger partial charge on any atom is -0.495 e. The third-order valence-corrected chi connectivity index (χ3v) is 11.1. The Kier molecular flexibility index (Phi) is 18.7. The average molecular weight is 941 g/mol. The normalized spacial score (nSPS) is 18.8. The summed E-state index contributed by atoms with van der Waals surface area (Å²) in [5.41, 5.74) is 0.0714. The highest BCUT2D eigenvalue weighted by Gasteiger charge is 2.50. The minimum atomic E-state index is -1.20. The first-order chi connectivity index (χ1) is 23.5. The lowest BCUT2D eigenvalue weighted by Crippen LogP contribution is -2.45. The molecule has 2 atom stereocenters. The van der Waals surface area contributed by atoms with Crippen LogP contribution in [0.25, 0.3) is 0 Å². The summed E-state index contributed by atoms with van der Waals surface area (Å²) in [5, 5.41) is 20.6. The predicted octanol–water partition coefficient (Wildman–Crippen LogP) is 9.12. The van der Waals surface area contributed by atoms with E-state index in [9.17, 15) is 14.7 Å². The van der Waals surface area contributed by atoms with Gasteiger partial charge in [0.15, 0.2) is 5.60 Å². The fourth-order valence-electron chi connectivity index (χ4n) is 5.77. The molecule has 1 aromatic rings. The van der Waals surface area contributed by atoms with Crippen LogP contribution in [-0.2, 0) is 25.6 Å². The maximum atomic E-state index is 12.8. The molecule has 1 aromatic carbocycles. The zero-order valence-electron chi connectivity index (χ0n) is 28.9. The van der Waals surface area contributed by atoms with Gasteiger partial charge in [-0.3, -0.25) is 9.59 Å². The predicted molar refractivity (Wildman–Crippen MR) is 209 cm³/mol. The number of amides is 2. The van der Waals surface area contributed by atoms with Gasteiger partial charge < -0.3 is 30.1 Å². The first kappa shape index (κ1) is 42.0. The number of halogens is 4. The number of aliphatic hydroxyl groups excluding tert-OH is 1. The molecule has 49 heavy (non-hydrogen) atoms. The van der Waals surface area contributed by atoms with E-state index < -0.39 is 11.7 Å². The topological polar surface area (TPSA) is 118 Å². The second kappa shape index (κ2) is 21.8. The molecule has 2 unspecified atom stereocenters. The van der Waals surface area contributed by atoms with E-state index >= 15 is 0 Å².